The molecule has 2 aromatic carbocycles. The summed E-state index contributed by atoms with van der Waals surface area (Å²) in [6.07, 6.45) is 0.356. The van der Waals surface area contributed by atoms with Gasteiger partial charge in [0.15, 0.2) is 0 Å². The maximum absolute atomic E-state index is 12.9. The van der Waals surface area contributed by atoms with Crippen LogP contribution in [0.25, 0.3) is 6.08 Å². The number of nitrogens with zero attached hydrogens (tertiary/aromatic N) is 1. The molecule has 0 aromatic heterocycles. The van der Waals surface area contributed by atoms with E-state index in [1.807, 2.05) is 12.1 Å². The van der Waals surface area contributed by atoms with Crippen molar-refractivity contribution in [3.8, 4) is 0 Å². The zero-order valence-corrected chi connectivity index (χ0v) is 16.0. The molecule has 2 aromatic rings. The van der Waals surface area contributed by atoms with Crippen LogP contribution in [0.4, 0.5) is 13.2 Å². The van der Waals surface area contributed by atoms with Gasteiger partial charge in [0.05, 0.1) is 11.9 Å². The molecule has 3 rings (SSSR count). The molecule has 1 aliphatic heterocycles. The molecule has 0 atom stereocenters. The Kier molecular flexibility index (Phi) is 5.61. The molecule has 1 heterocycles. The summed E-state index contributed by atoms with van der Waals surface area (Å²) < 4.78 is 38.6. The Bertz CT molecular complexity index is 885. The molecule has 0 fully saturated rings. The third-order valence-electron chi connectivity index (χ3n) is 4.99. The van der Waals surface area contributed by atoms with Crippen molar-refractivity contribution in [2.24, 2.45) is 0 Å². The summed E-state index contributed by atoms with van der Waals surface area (Å²) in [5, 5.41) is 11.0. The predicted octanol–water partition coefficient (Wildman–Crippen LogP) is 5.17. The molecule has 0 aliphatic carbocycles. The van der Waals surface area contributed by atoms with Crippen molar-refractivity contribution in [3.05, 3.63) is 76.5 Å². The molecule has 28 heavy (non-hydrogen) atoms. The quantitative estimate of drug-likeness (QED) is 0.549. The molecule has 1 aliphatic rings. The van der Waals surface area contributed by atoms with Crippen LogP contribution >= 0.6 is 0 Å². The van der Waals surface area contributed by atoms with Crippen LogP contribution in [-0.4, -0.2) is 17.8 Å². The fourth-order valence-corrected chi connectivity index (χ4v) is 3.47. The first kappa shape index (κ1) is 20.1. The Morgan fingerprint density at radius 1 is 1.18 bits per heavy atom. The van der Waals surface area contributed by atoms with E-state index in [2.05, 4.69) is 31.3 Å². The molecule has 0 amide bonds. The molecule has 0 bridgehead atoms. The molecular weight excluding hydrogens is 363 g/mol. The second kappa shape index (κ2) is 7.80. The van der Waals surface area contributed by atoms with Crippen LogP contribution < -0.4 is 5.32 Å². The highest BCUT2D eigenvalue weighted by atomic mass is 19.4. The van der Waals surface area contributed by atoms with E-state index in [9.17, 15) is 13.2 Å². The lowest BCUT2D eigenvalue weighted by atomic mass is 9.78. The monoisotopic (exact) mass is 387 g/mol. The van der Waals surface area contributed by atoms with Crippen molar-refractivity contribution in [1.29, 1.82) is 5.41 Å². The van der Waals surface area contributed by atoms with Crippen molar-refractivity contribution in [3.63, 3.8) is 0 Å². The summed E-state index contributed by atoms with van der Waals surface area (Å²) in [5.74, 6) is 0. The first-order valence-electron chi connectivity index (χ1n) is 9.14. The van der Waals surface area contributed by atoms with Crippen LogP contribution in [0.15, 0.2) is 48.7 Å². The van der Waals surface area contributed by atoms with E-state index < -0.39 is 11.7 Å². The minimum atomic E-state index is -4.37. The maximum atomic E-state index is 12.9. The number of benzene rings is 2. The van der Waals surface area contributed by atoms with Gasteiger partial charge < -0.3 is 10.2 Å². The lowest BCUT2D eigenvalue weighted by molar-refractivity contribution is -0.137. The van der Waals surface area contributed by atoms with Gasteiger partial charge in [-0.3, -0.25) is 5.41 Å². The second-order valence-electron chi connectivity index (χ2n) is 7.72. The van der Waals surface area contributed by atoms with Gasteiger partial charge in [-0.25, -0.2) is 0 Å². The summed E-state index contributed by atoms with van der Waals surface area (Å²) in [5.41, 5.74) is 3.44. The highest BCUT2D eigenvalue weighted by Crippen LogP contribution is 2.31. The van der Waals surface area contributed by atoms with Crippen LogP contribution in [0, 0.1) is 5.41 Å². The lowest BCUT2D eigenvalue weighted by Gasteiger charge is -2.33. The van der Waals surface area contributed by atoms with Crippen molar-refractivity contribution in [1.82, 2.24) is 10.2 Å². The Labute approximate surface area is 163 Å². The van der Waals surface area contributed by atoms with E-state index in [0.29, 0.717) is 5.56 Å². The maximum Gasteiger partial charge on any atom is 0.416 e. The summed E-state index contributed by atoms with van der Waals surface area (Å²) in [4.78, 5) is 1.56. The first-order chi connectivity index (χ1) is 13.2. The number of alkyl halides is 3. The van der Waals surface area contributed by atoms with E-state index in [4.69, 9.17) is 5.41 Å². The summed E-state index contributed by atoms with van der Waals surface area (Å²) in [6, 6.07) is 11.5. The molecule has 0 unspecified atom stereocenters. The predicted molar refractivity (Wildman–Crippen MR) is 106 cm³/mol. The zero-order chi connectivity index (χ0) is 20.4. The molecular formula is C22H24F3N3. The van der Waals surface area contributed by atoms with Gasteiger partial charge in [0, 0.05) is 31.2 Å². The molecule has 0 spiro atoms. The van der Waals surface area contributed by atoms with Crippen LogP contribution in [0.5, 0.6) is 0 Å². The third kappa shape index (κ3) is 4.62. The second-order valence-corrected chi connectivity index (χ2v) is 7.72. The number of rotatable bonds is 5. The Hall–Kier alpha value is -2.60. The first-order valence-corrected chi connectivity index (χ1v) is 9.14. The number of halogens is 3. The van der Waals surface area contributed by atoms with Gasteiger partial charge in [0.1, 0.15) is 0 Å². The standard InChI is InChI=1S/C22H24F3N3/c1-21(2)14-27-12-18-7-6-16(11-20(18)21)8-9-28(15-26)13-17-4-3-5-19(10-17)22(23,24)25/h3-11,15,26-27H,12-14H2,1-2H3/b9-8+,26-15?. The van der Waals surface area contributed by atoms with Gasteiger partial charge in [0.25, 0.3) is 0 Å². The Morgan fingerprint density at radius 3 is 2.68 bits per heavy atom. The third-order valence-corrected chi connectivity index (χ3v) is 4.99. The molecule has 2 N–H and O–H groups in total. The smallest absolute Gasteiger partial charge is 0.335 e. The highest BCUT2D eigenvalue weighted by Gasteiger charge is 2.30. The Balaban J connectivity index is 1.77. The van der Waals surface area contributed by atoms with Gasteiger partial charge in [-0.05, 0) is 40.5 Å². The number of nitrogens with one attached hydrogen (secondary N) is 2. The zero-order valence-electron chi connectivity index (χ0n) is 16.0. The van der Waals surface area contributed by atoms with Gasteiger partial charge in [-0.15, -0.1) is 0 Å². The molecule has 0 saturated carbocycles. The van der Waals surface area contributed by atoms with E-state index >= 15 is 0 Å². The largest absolute Gasteiger partial charge is 0.416 e. The Morgan fingerprint density at radius 2 is 1.96 bits per heavy atom. The normalized spacial score (nSPS) is 16.0. The van der Waals surface area contributed by atoms with Gasteiger partial charge in [0.2, 0.25) is 0 Å². The fourth-order valence-electron chi connectivity index (χ4n) is 3.47. The number of fused-ring (bicyclic) bond motifs is 1. The van der Waals surface area contributed by atoms with Crippen LogP contribution in [0.2, 0.25) is 0 Å². The lowest BCUT2D eigenvalue weighted by Crippen LogP contribution is -2.38. The average molecular weight is 387 g/mol. The summed E-state index contributed by atoms with van der Waals surface area (Å²) in [7, 11) is 0. The van der Waals surface area contributed by atoms with Crippen molar-refractivity contribution < 1.29 is 13.2 Å². The summed E-state index contributed by atoms with van der Waals surface area (Å²) in [6.45, 7) is 6.36. The van der Waals surface area contributed by atoms with Crippen LogP contribution in [0.1, 0.15) is 41.7 Å². The molecule has 0 saturated heterocycles. The van der Waals surface area contributed by atoms with Crippen LogP contribution in [0.3, 0.4) is 0 Å². The minimum absolute atomic E-state index is 0.0384. The van der Waals surface area contributed by atoms with Gasteiger partial charge in [-0.2, -0.15) is 13.2 Å². The summed E-state index contributed by atoms with van der Waals surface area (Å²) >= 11 is 0. The SMILES string of the molecule is CC1(C)CNCc2ccc(/C=C/N(C=N)Cc3cccc(C(F)(F)F)c3)cc21. The van der Waals surface area contributed by atoms with E-state index in [1.165, 1.54) is 17.2 Å². The average Bonchev–Trinajstić information content (AvgIpc) is 2.65. The number of hydrogen-bond acceptors (Lipinski definition) is 2. The topological polar surface area (TPSA) is 39.1 Å². The minimum Gasteiger partial charge on any atom is -0.335 e. The van der Waals surface area contributed by atoms with E-state index in [0.717, 1.165) is 37.1 Å². The highest BCUT2D eigenvalue weighted by molar-refractivity contribution is 5.59. The van der Waals surface area contributed by atoms with Crippen LogP contribution in [-0.2, 0) is 24.7 Å². The molecule has 3 nitrogen and oxygen atoms in total. The van der Waals surface area contributed by atoms with E-state index in [-0.39, 0.29) is 12.0 Å². The van der Waals surface area contributed by atoms with Gasteiger partial charge >= 0.3 is 6.18 Å². The van der Waals surface area contributed by atoms with E-state index in [1.54, 1.807) is 17.2 Å². The number of hydrogen-bond donors (Lipinski definition) is 2. The van der Waals surface area contributed by atoms with Gasteiger partial charge in [-0.1, -0.05) is 44.2 Å². The molecule has 148 valence electrons. The van der Waals surface area contributed by atoms with Crippen molar-refractivity contribution in [2.45, 2.75) is 38.5 Å². The van der Waals surface area contributed by atoms with Crippen molar-refractivity contribution >= 4 is 12.4 Å². The molecule has 0 radical (unpaired) electrons. The van der Waals surface area contributed by atoms with Crippen molar-refractivity contribution in [2.75, 3.05) is 6.54 Å². The fraction of sp³-hybridized carbons (Fsp3) is 0.318. The molecule has 6 heteroatoms.